The smallest absolute Gasteiger partial charge is 0.274 e. The van der Waals surface area contributed by atoms with Crippen molar-refractivity contribution in [2.45, 2.75) is 32.9 Å². The number of rotatable bonds is 4. The molecule has 100 valence electrons. The highest BCUT2D eigenvalue weighted by Gasteiger charge is 2.20. The van der Waals surface area contributed by atoms with Crippen LogP contribution in [-0.2, 0) is 10.0 Å². The third-order valence-electron chi connectivity index (χ3n) is 2.61. The van der Waals surface area contributed by atoms with Gasteiger partial charge in [-0.1, -0.05) is 0 Å². The van der Waals surface area contributed by atoms with E-state index >= 15 is 0 Å². The molecule has 1 rings (SSSR count). The van der Waals surface area contributed by atoms with Crippen molar-refractivity contribution in [2.24, 2.45) is 0 Å². The minimum absolute atomic E-state index is 0.0953. The fraction of sp³-hybridized carbons (Fsp3) is 0.455. The zero-order valence-corrected chi connectivity index (χ0v) is 11.5. The van der Waals surface area contributed by atoms with Crippen LogP contribution in [-0.4, -0.2) is 18.6 Å². The Morgan fingerprint density at radius 3 is 2.22 bits per heavy atom. The van der Waals surface area contributed by atoms with Crippen molar-refractivity contribution in [1.82, 2.24) is 0 Å². The molecule has 6 nitrogen and oxygen atoms in total. The fourth-order valence-corrected chi connectivity index (χ4v) is 2.18. The molecule has 0 aliphatic rings. The maximum Gasteiger partial charge on any atom is 0.274 e. The summed E-state index contributed by atoms with van der Waals surface area (Å²) in [5, 5.41) is 10.2. The van der Waals surface area contributed by atoms with Crippen LogP contribution in [0, 0.1) is 24.0 Å². The van der Waals surface area contributed by atoms with Crippen molar-refractivity contribution in [2.75, 3.05) is 4.72 Å². The predicted octanol–water partition coefficient (Wildman–Crippen LogP) is 2.36. The summed E-state index contributed by atoms with van der Waals surface area (Å²) in [6.07, 6.45) is 0. The van der Waals surface area contributed by atoms with Crippen molar-refractivity contribution in [3.8, 4) is 0 Å². The first-order chi connectivity index (χ1) is 8.15. The molecule has 0 unspecified atom stereocenters. The fourth-order valence-electron chi connectivity index (χ4n) is 1.42. The van der Waals surface area contributed by atoms with Crippen molar-refractivity contribution in [1.29, 1.82) is 0 Å². The highest BCUT2D eigenvalue weighted by atomic mass is 32.2. The number of nitrogens with one attached hydrogen (secondary N) is 1. The van der Waals surface area contributed by atoms with Gasteiger partial charge in [-0.25, -0.2) is 8.42 Å². The topological polar surface area (TPSA) is 89.3 Å². The van der Waals surface area contributed by atoms with Gasteiger partial charge in [0.2, 0.25) is 10.0 Å². The summed E-state index contributed by atoms with van der Waals surface area (Å²) >= 11 is 0. The zero-order valence-electron chi connectivity index (χ0n) is 10.7. The Bertz CT molecular complexity index is 579. The van der Waals surface area contributed by atoms with E-state index in [4.69, 9.17) is 0 Å². The first-order valence-electron chi connectivity index (χ1n) is 5.42. The SMILES string of the molecule is Cc1cc(C)c([N+](=O)[O-])cc1NS(=O)(=O)C(C)C. The molecule has 0 aliphatic carbocycles. The third-order valence-corrected chi connectivity index (χ3v) is 4.36. The molecule has 1 N–H and O–H groups in total. The molecule has 0 saturated heterocycles. The maximum absolute atomic E-state index is 11.7. The lowest BCUT2D eigenvalue weighted by atomic mass is 10.1. The molecular formula is C11H16N2O4S. The summed E-state index contributed by atoms with van der Waals surface area (Å²) in [4.78, 5) is 10.3. The van der Waals surface area contributed by atoms with Gasteiger partial charge in [0, 0.05) is 11.6 Å². The summed E-state index contributed by atoms with van der Waals surface area (Å²) in [7, 11) is -3.50. The molecule has 0 heterocycles. The van der Waals surface area contributed by atoms with Gasteiger partial charge in [-0.15, -0.1) is 0 Å². The summed E-state index contributed by atoms with van der Waals surface area (Å²) in [5.74, 6) is 0. The number of sulfonamides is 1. The molecule has 0 atom stereocenters. The van der Waals surface area contributed by atoms with E-state index in [9.17, 15) is 18.5 Å². The van der Waals surface area contributed by atoms with Crippen LogP contribution in [0.2, 0.25) is 0 Å². The minimum Gasteiger partial charge on any atom is -0.283 e. The molecule has 0 radical (unpaired) electrons. The van der Waals surface area contributed by atoms with Crippen LogP contribution in [0.15, 0.2) is 12.1 Å². The molecule has 18 heavy (non-hydrogen) atoms. The molecule has 0 saturated carbocycles. The first-order valence-corrected chi connectivity index (χ1v) is 6.97. The number of hydrogen-bond acceptors (Lipinski definition) is 4. The number of nitro benzene ring substituents is 1. The molecule has 0 fully saturated rings. The zero-order chi connectivity index (χ0) is 14.1. The van der Waals surface area contributed by atoms with E-state index in [0.717, 1.165) is 0 Å². The van der Waals surface area contributed by atoms with Crippen LogP contribution in [0.1, 0.15) is 25.0 Å². The third kappa shape index (κ3) is 2.98. The second-order valence-corrected chi connectivity index (χ2v) is 6.64. The average Bonchev–Trinajstić information content (AvgIpc) is 2.21. The van der Waals surface area contributed by atoms with Crippen LogP contribution in [0.5, 0.6) is 0 Å². The van der Waals surface area contributed by atoms with Gasteiger partial charge < -0.3 is 0 Å². The Kier molecular flexibility index (Phi) is 3.95. The number of benzene rings is 1. The largest absolute Gasteiger partial charge is 0.283 e. The Hall–Kier alpha value is -1.63. The van der Waals surface area contributed by atoms with Gasteiger partial charge in [-0.05, 0) is 39.3 Å². The van der Waals surface area contributed by atoms with Crippen LogP contribution < -0.4 is 4.72 Å². The van der Waals surface area contributed by atoms with Gasteiger partial charge >= 0.3 is 0 Å². The number of aryl methyl sites for hydroxylation is 2. The second-order valence-electron chi connectivity index (χ2n) is 4.41. The molecule has 0 aromatic heterocycles. The van der Waals surface area contributed by atoms with Crippen molar-refractivity contribution in [3.63, 3.8) is 0 Å². The molecular weight excluding hydrogens is 256 g/mol. The molecule has 0 aliphatic heterocycles. The van der Waals surface area contributed by atoms with E-state index in [1.807, 2.05) is 0 Å². The lowest BCUT2D eigenvalue weighted by Crippen LogP contribution is -2.23. The van der Waals surface area contributed by atoms with E-state index in [1.165, 1.54) is 6.07 Å². The van der Waals surface area contributed by atoms with E-state index in [1.54, 1.807) is 33.8 Å². The van der Waals surface area contributed by atoms with Crippen LogP contribution in [0.3, 0.4) is 0 Å². The van der Waals surface area contributed by atoms with E-state index < -0.39 is 20.2 Å². The Labute approximate surface area is 106 Å². The molecule has 1 aromatic rings. The quantitative estimate of drug-likeness (QED) is 0.673. The average molecular weight is 272 g/mol. The van der Waals surface area contributed by atoms with Gasteiger partial charge in [0.1, 0.15) is 0 Å². The summed E-state index contributed by atoms with van der Waals surface area (Å²) in [6, 6.07) is 2.85. The Morgan fingerprint density at radius 1 is 1.22 bits per heavy atom. The number of hydrogen-bond donors (Lipinski definition) is 1. The molecule has 1 aromatic carbocycles. The maximum atomic E-state index is 11.7. The van der Waals surface area contributed by atoms with E-state index in [-0.39, 0.29) is 11.4 Å². The van der Waals surface area contributed by atoms with E-state index in [0.29, 0.717) is 11.1 Å². The Balaban J connectivity index is 3.27. The summed E-state index contributed by atoms with van der Waals surface area (Å²) in [6.45, 7) is 6.40. The predicted molar refractivity (Wildman–Crippen MR) is 70.2 cm³/mol. The van der Waals surface area contributed by atoms with E-state index in [2.05, 4.69) is 4.72 Å². The van der Waals surface area contributed by atoms with Crippen LogP contribution >= 0.6 is 0 Å². The van der Waals surface area contributed by atoms with Gasteiger partial charge in [0.25, 0.3) is 5.69 Å². The molecule has 0 bridgehead atoms. The monoisotopic (exact) mass is 272 g/mol. The summed E-state index contributed by atoms with van der Waals surface area (Å²) < 4.78 is 25.9. The van der Waals surface area contributed by atoms with Crippen molar-refractivity contribution in [3.05, 3.63) is 33.4 Å². The highest BCUT2D eigenvalue weighted by Crippen LogP contribution is 2.27. The lowest BCUT2D eigenvalue weighted by molar-refractivity contribution is -0.385. The van der Waals surface area contributed by atoms with Gasteiger partial charge in [-0.2, -0.15) is 0 Å². The number of nitrogens with zero attached hydrogens (tertiary/aromatic N) is 1. The molecule has 7 heteroatoms. The molecule has 0 spiro atoms. The minimum atomic E-state index is -3.50. The number of anilines is 1. The lowest BCUT2D eigenvalue weighted by Gasteiger charge is -2.13. The Morgan fingerprint density at radius 2 is 1.78 bits per heavy atom. The first kappa shape index (κ1) is 14.4. The van der Waals surface area contributed by atoms with Crippen molar-refractivity contribution >= 4 is 21.4 Å². The van der Waals surface area contributed by atoms with Gasteiger partial charge in [-0.3, -0.25) is 14.8 Å². The summed E-state index contributed by atoms with van der Waals surface area (Å²) in [5.41, 5.74) is 1.32. The van der Waals surface area contributed by atoms with Gasteiger partial charge in [0.05, 0.1) is 15.9 Å². The van der Waals surface area contributed by atoms with Crippen LogP contribution in [0.4, 0.5) is 11.4 Å². The van der Waals surface area contributed by atoms with Crippen molar-refractivity contribution < 1.29 is 13.3 Å². The van der Waals surface area contributed by atoms with Gasteiger partial charge in [0.15, 0.2) is 0 Å². The number of nitro groups is 1. The normalized spacial score (nSPS) is 11.6. The highest BCUT2D eigenvalue weighted by molar-refractivity contribution is 7.93. The molecule has 0 amide bonds. The second kappa shape index (κ2) is 4.93. The standard InChI is InChI=1S/C11H16N2O4S/c1-7(2)18(16,17)12-10-6-11(13(14)15)9(4)5-8(10)3/h5-7,12H,1-4H3. The van der Waals surface area contributed by atoms with Crippen LogP contribution in [0.25, 0.3) is 0 Å².